The van der Waals surface area contributed by atoms with E-state index in [4.69, 9.17) is 11.6 Å². The third kappa shape index (κ3) is 4.23. The van der Waals surface area contributed by atoms with Crippen LogP contribution in [0.25, 0.3) is 0 Å². The highest BCUT2D eigenvalue weighted by molar-refractivity contribution is 6.29. The molecule has 0 radical (unpaired) electrons. The van der Waals surface area contributed by atoms with Gasteiger partial charge in [-0.15, -0.1) is 0 Å². The second-order valence-corrected chi connectivity index (χ2v) is 3.61. The molecule has 0 saturated heterocycles. The molecule has 0 atom stereocenters. The van der Waals surface area contributed by atoms with Gasteiger partial charge in [0.05, 0.1) is 12.4 Å². The van der Waals surface area contributed by atoms with Gasteiger partial charge in [0, 0.05) is 6.54 Å². The molecule has 0 fully saturated rings. The van der Waals surface area contributed by atoms with E-state index < -0.39 is 0 Å². The Hall–Kier alpha value is -1.09. The summed E-state index contributed by atoms with van der Waals surface area (Å²) in [6.45, 7) is 5.01. The van der Waals surface area contributed by atoms with E-state index in [2.05, 4.69) is 35.2 Å². The zero-order chi connectivity index (χ0) is 10.4. The molecule has 0 aliphatic heterocycles. The van der Waals surface area contributed by atoms with Gasteiger partial charge in [0.25, 0.3) is 0 Å². The van der Waals surface area contributed by atoms with E-state index in [9.17, 15) is 0 Å². The minimum atomic E-state index is 0.414. The lowest BCUT2D eigenvalue weighted by Gasteiger charge is -2.02. The molecule has 1 heterocycles. The quantitative estimate of drug-likeness (QED) is 0.615. The number of rotatable bonds is 4. The molecule has 0 bridgehead atoms. The number of hydrogen-bond donors (Lipinski definition) is 1. The lowest BCUT2D eigenvalue weighted by atomic mass is 10.3. The first kappa shape index (κ1) is 11.0. The van der Waals surface area contributed by atoms with E-state index in [1.807, 2.05) is 0 Å². The van der Waals surface area contributed by atoms with Crippen LogP contribution in [-0.4, -0.2) is 16.5 Å². The minimum absolute atomic E-state index is 0.414. The van der Waals surface area contributed by atoms with Crippen LogP contribution in [0.15, 0.2) is 24.0 Å². The van der Waals surface area contributed by atoms with Gasteiger partial charge in [0.2, 0.25) is 0 Å². The molecule has 1 aromatic heterocycles. The van der Waals surface area contributed by atoms with Gasteiger partial charge >= 0.3 is 0 Å². The second-order valence-electron chi connectivity index (χ2n) is 3.22. The van der Waals surface area contributed by atoms with Crippen molar-refractivity contribution in [3.8, 4) is 0 Å². The Morgan fingerprint density at radius 3 is 2.93 bits per heavy atom. The van der Waals surface area contributed by atoms with Crippen LogP contribution in [0, 0.1) is 0 Å². The van der Waals surface area contributed by atoms with Crippen LogP contribution in [0.5, 0.6) is 0 Å². The molecule has 3 nitrogen and oxygen atoms in total. The van der Waals surface area contributed by atoms with Gasteiger partial charge < -0.3 is 5.32 Å². The van der Waals surface area contributed by atoms with E-state index in [0.29, 0.717) is 5.15 Å². The number of hydrogen-bond acceptors (Lipinski definition) is 3. The summed E-state index contributed by atoms with van der Waals surface area (Å²) in [5.41, 5.74) is 1.32. The minimum Gasteiger partial charge on any atom is -0.368 e. The molecule has 0 unspecified atom stereocenters. The molecular weight excluding hydrogens is 198 g/mol. The average molecular weight is 212 g/mol. The van der Waals surface area contributed by atoms with Crippen LogP contribution in [0.3, 0.4) is 0 Å². The highest BCUT2D eigenvalue weighted by Gasteiger charge is 1.93. The molecule has 76 valence electrons. The number of allylic oxidation sites excluding steroid dienone is 1. The third-order valence-electron chi connectivity index (χ3n) is 1.61. The second kappa shape index (κ2) is 5.60. The summed E-state index contributed by atoms with van der Waals surface area (Å²) in [6, 6.07) is 0. The lowest BCUT2D eigenvalue weighted by molar-refractivity contribution is 1.02. The third-order valence-corrected chi connectivity index (χ3v) is 1.79. The molecule has 0 aromatic carbocycles. The molecule has 0 amide bonds. The summed E-state index contributed by atoms with van der Waals surface area (Å²) < 4.78 is 0. The van der Waals surface area contributed by atoms with Gasteiger partial charge in [-0.05, 0) is 20.3 Å². The summed E-state index contributed by atoms with van der Waals surface area (Å²) in [7, 11) is 0. The number of aromatic nitrogens is 2. The van der Waals surface area contributed by atoms with Crippen LogP contribution >= 0.6 is 11.6 Å². The molecule has 0 aliphatic carbocycles. The SMILES string of the molecule is CC(C)=CCCNc1cncc(Cl)n1. The van der Waals surface area contributed by atoms with Crippen molar-refractivity contribution in [2.24, 2.45) is 0 Å². The van der Waals surface area contributed by atoms with Gasteiger partial charge in [0.1, 0.15) is 11.0 Å². The Bertz CT molecular complexity index is 319. The van der Waals surface area contributed by atoms with Crippen molar-refractivity contribution in [3.63, 3.8) is 0 Å². The molecular formula is C10H14ClN3. The molecule has 14 heavy (non-hydrogen) atoms. The fourth-order valence-corrected chi connectivity index (χ4v) is 1.14. The maximum absolute atomic E-state index is 5.68. The zero-order valence-corrected chi connectivity index (χ0v) is 9.17. The number of nitrogens with one attached hydrogen (secondary N) is 1. The molecule has 1 rings (SSSR count). The standard InChI is InChI=1S/C10H14ClN3/c1-8(2)4-3-5-13-10-7-12-6-9(11)14-10/h4,6-7H,3,5H2,1-2H3,(H,13,14). The maximum Gasteiger partial charge on any atom is 0.149 e. The smallest absolute Gasteiger partial charge is 0.149 e. The Morgan fingerprint density at radius 1 is 1.50 bits per heavy atom. The first-order valence-electron chi connectivity index (χ1n) is 4.53. The van der Waals surface area contributed by atoms with Gasteiger partial charge in [-0.1, -0.05) is 23.3 Å². The first-order valence-corrected chi connectivity index (χ1v) is 4.91. The predicted octanol–water partition coefficient (Wildman–Crippen LogP) is 2.90. The van der Waals surface area contributed by atoms with E-state index in [1.165, 1.54) is 11.8 Å². The Balaban J connectivity index is 2.35. The maximum atomic E-state index is 5.68. The van der Waals surface area contributed by atoms with Crippen LogP contribution in [-0.2, 0) is 0 Å². The lowest BCUT2D eigenvalue weighted by Crippen LogP contribution is -2.02. The van der Waals surface area contributed by atoms with Crippen molar-refractivity contribution in [1.29, 1.82) is 0 Å². The molecule has 0 saturated carbocycles. The highest BCUT2D eigenvalue weighted by Crippen LogP contribution is 2.06. The Morgan fingerprint density at radius 2 is 2.29 bits per heavy atom. The van der Waals surface area contributed by atoms with Gasteiger partial charge in [-0.2, -0.15) is 0 Å². The fourth-order valence-electron chi connectivity index (χ4n) is 0.988. The summed E-state index contributed by atoms with van der Waals surface area (Å²) in [6.07, 6.45) is 6.33. The molecule has 1 N–H and O–H groups in total. The van der Waals surface area contributed by atoms with E-state index in [-0.39, 0.29) is 0 Å². The predicted molar refractivity (Wildman–Crippen MR) is 59.6 cm³/mol. The number of nitrogens with zero attached hydrogens (tertiary/aromatic N) is 2. The van der Waals surface area contributed by atoms with Crippen molar-refractivity contribution in [2.75, 3.05) is 11.9 Å². The highest BCUT2D eigenvalue weighted by atomic mass is 35.5. The largest absolute Gasteiger partial charge is 0.368 e. The van der Waals surface area contributed by atoms with Gasteiger partial charge in [-0.3, -0.25) is 4.98 Å². The molecule has 0 aliphatic rings. The summed E-state index contributed by atoms with van der Waals surface area (Å²) in [5.74, 6) is 0.722. The number of halogens is 1. The fraction of sp³-hybridized carbons (Fsp3) is 0.400. The molecule has 4 heteroatoms. The van der Waals surface area contributed by atoms with Crippen molar-refractivity contribution >= 4 is 17.4 Å². The van der Waals surface area contributed by atoms with Crippen molar-refractivity contribution < 1.29 is 0 Å². The van der Waals surface area contributed by atoms with Crippen LogP contribution in [0.2, 0.25) is 5.15 Å². The Labute approximate surface area is 89.2 Å². The summed E-state index contributed by atoms with van der Waals surface area (Å²) in [5, 5.41) is 3.55. The van der Waals surface area contributed by atoms with Crippen LogP contribution in [0.1, 0.15) is 20.3 Å². The first-order chi connectivity index (χ1) is 6.68. The van der Waals surface area contributed by atoms with Crippen LogP contribution < -0.4 is 5.32 Å². The molecule has 1 aromatic rings. The van der Waals surface area contributed by atoms with E-state index >= 15 is 0 Å². The van der Waals surface area contributed by atoms with E-state index in [1.54, 1.807) is 6.20 Å². The average Bonchev–Trinajstić information content (AvgIpc) is 2.12. The van der Waals surface area contributed by atoms with Gasteiger partial charge in [0.15, 0.2) is 0 Å². The van der Waals surface area contributed by atoms with Crippen molar-refractivity contribution in [3.05, 3.63) is 29.2 Å². The summed E-state index contributed by atoms with van der Waals surface area (Å²) in [4.78, 5) is 7.99. The zero-order valence-electron chi connectivity index (χ0n) is 8.42. The Kier molecular flexibility index (Phi) is 4.40. The monoisotopic (exact) mass is 211 g/mol. The van der Waals surface area contributed by atoms with Crippen molar-refractivity contribution in [2.45, 2.75) is 20.3 Å². The molecule has 0 spiro atoms. The van der Waals surface area contributed by atoms with Gasteiger partial charge in [-0.25, -0.2) is 4.98 Å². The topological polar surface area (TPSA) is 37.8 Å². The van der Waals surface area contributed by atoms with Crippen molar-refractivity contribution in [1.82, 2.24) is 9.97 Å². The van der Waals surface area contributed by atoms with E-state index in [0.717, 1.165) is 18.8 Å². The summed E-state index contributed by atoms with van der Waals surface area (Å²) >= 11 is 5.68. The van der Waals surface area contributed by atoms with Crippen LogP contribution in [0.4, 0.5) is 5.82 Å². The number of anilines is 1. The normalized spacial score (nSPS) is 9.64.